The second-order valence-electron chi connectivity index (χ2n) is 6.25. The molecule has 1 aromatic carbocycles. The molecular weight excluding hydrogens is 370 g/mol. The van der Waals surface area contributed by atoms with Crippen LogP contribution in [0.2, 0.25) is 0 Å². The quantitative estimate of drug-likeness (QED) is 0.780. The molecule has 0 bridgehead atoms. The van der Waals surface area contributed by atoms with Crippen LogP contribution in [0.25, 0.3) is 0 Å². The van der Waals surface area contributed by atoms with Crippen LogP contribution < -0.4 is 5.32 Å². The smallest absolute Gasteiger partial charge is 0.340 e. The summed E-state index contributed by atoms with van der Waals surface area (Å²) in [6.07, 6.45) is 3.33. The fourth-order valence-corrected chi connectivity index (χ4v) is 3.45. The van der Waals surface area contributed by atoms with Gasteiger partial charge in [0, 0.05) is 18.4 Å². The highest BCUT2D eigenvalue weighted by molar-refractivity contribution is 7.90. The highest BCUT2D eigenvalue weighted by atomic mass is 32.2. The molecule has 27 heavy (non-hydrogen) atoms. The van der Waals surface area contributed by atoms with Gasteiger partial charge in [-0.2, -0.15) is 0 Å². The minimum atomic E-state index is -3.46. The zero-order valence-electron chi connectivity index (χ0n) is 14.9. The minimum Gasteiger partial charge on any atom is -0.449 e. The number of carbonyl (C=O) groups is 2. The number of amidine groups is 1. The molecule has 9 heteroatoms. The number of esters is 1. The van der Waals surface area contributed by atoms with E-state index in [4.69, 9.17) is 4.74 Å². The Morgan fingerprint density at radius 2 is 1.93 bits per heavy atom. The zero-order chi connectivity index (χ0) is 19.6. The Morgan fingerprint density at radius 1 is 1.22 bits per heavy atom. The van der Waals surface area contributed by atoms with Gasteiger partial charge in [0.05, 0.1) is 11.3 Å². The lowest BCUT2D eigenvalue weighted by atomic mass is 10.2. The number of hydrogen-bond acceptors (Lipinski definition) is 6. The number of anilines is 1. The number of benzene rings is 1. The highest BCUT2D eigenvalue weighted by Gasteiger charge is 2.26. The molecule has 142 valence electrons. The van der Waals surface area contributed by atoms with Gasteiger partial charge in [0.1, 0.15) is 5.84 Å². The predicted molar refractivity (Wildman–Crippen MR) is 101 cm³/mol. The number of amides is 1. The van der Waals surface area contributed by atoms with Crippen LogP contribution >= 0.6 is 0 Å². The van der Waals surface area contributed by atoms with Crippen LogP contribution in [0.15, 0.2) is 52.6 Å². The van der Waals surface area contributed by atoms with Crippen molar-refractivity contribution in [1.29, 1.82) is 0 Å². The number of aryl methyl sites for hydroxylation is 1. The summed E-state index contributed by atoms with van der Waals surface area (Å²) in [4.78, 5) is 26.1. The van der Waals surface area contributed by atoms with Crippen molar-refractivity contribution in [1.82, 2.24) is 4.90 Å². The molecule has 1 amide bonds. The van der Waals surface area contributed by atoms with Gasteiger partial charge in [-0.25, -0.2) is 13.2 Å². The van der Waals surface area contributed by atoms with Gasteiger partial charge in [-0.05, 0) is 38.1 Å². The molecule has 8 nitrogen and oxygen atoms in total. The Labute approximate surface area is 157 Å². The van der Waals surface area contributed by atoms with E-state index in [0.29, 0.717) is 5.69 Å². The molecule has 2 aliphatic heterocycles. The molecule has 0 radical (unpaired) electrons. The highest BCUT2D eigenvalue weighted by Crippen LogP contribution is 2.17. The maximum absolute atomic E-state index is 12.3. The van der Waals surface area contributed by atoms with Crippen LogP contribution in [-0.4, -0.2) is 49.4 Å². The topological polar surface area (TPSA) is 105 Å². The predicted octanol–water partition coefficient (Wildman–Crippen LogP) is 1.36. The van der Waals surface area contributed by atoms with E-state index < -0.39 is 28.0 Å². The number of sulfonamides is 1. The van der Waals surface area contributed by atoms with Gasteiger partial charge < -0.3 is 15.0 Å². The summed E-state index contributed by atoms with van der Waals surface area (Å²) >= 11 is 0. The van der Waals surface area contributed by atoms with E-state index in [2.05, 4.69) is 9.71 Å². The van der Waals surface area contributed by atoms with E-state index in [0.717, 1.165) is 5.56 Å². The van der Waals surface area contributed by atoms with Gasteiger partial charge in [0.25, 0.3) is 15.9 Å². The van der Waals surface area contributed by atoms with Crippen molar-refractivity contribution in [2.45, 2.75) is 20.0 Å². The fourth-order valence-electron chi connectivity index (χ4n) is 2.48. The maximum atomic E-state index is 12.3. The van der Waals surface area contributed by atoms with Crippen LogP contribution in [0.1, 0.15) is 12.5 Å². The Bertz CT molecular complexity index is 961. The third-order valence-electron chi connectivity index (χ3n) is 4.03. The van der Waals surface area contributed by atoms with E-state index in [1.165, 1.54) is 25.3 Å². The van der Waals surface area contributed by atoms with Gasteiger partial charge >= 0.3 is 5.97 Å². The molecule has 0 fully saturated rings. The summed E-state index contributed by atoms with van der Waals surface area (Å²) in [6.45, 7) is 3.62. The van der Waals surface area contributed by atoms with E-state index in [9.17, 15) is 18.0 Å². The Hall–Kier alpha value is -2.94. The number of ether oxygens (including phenoxy) is 1. The summed E-state index contributed by atoms with van der Waals surface area (Å²) in [5.74, 6) is -0.995. The van der Waals surface area contributed by atoms with Crippen LogP contribution in [0, 0.1) is 6.92 Å². The molecule has 1 N–H and O–H groups in total. The van der Waals surface area contributed by atoms with Crippen molar-refractivity contribution in [3.05, 3.63) is 53.8 Å². The number of fused-ring (bicyclic) bond motifs is 1. The van der Waals surface area contributed by atoms with Crippen molar-refractivity contribution < 1.29 is 22.7 Å². The van der Waals surface area contributed by atoms with Gasteiger partial charge in [0.2, 0.25) is 0 Å². The van der Waals surface area contributed by atoms with Crippen molar-refractivity contribution in [3.8, 4) is 0 Å². The first kappa shape index (κ1) is 18.8. The maximum Gasteiger partial charge on any atom is 0.340 e. The average molecular weight is 389 g/mol. The van der Waals surface area contributed by atoms with Crippen LogP contribution in [0.3, 0.4) is 0 Å². The molecular formula is C18H19N3O5S. The summed E-state index contributed by atoms with van der Waals surface area (Å²) < 4.78 is 31.9. The van der Waals surface area contributed by atoms with Gasteiger partial charge in [-0.1, -0.05) is 17.7 Å². The minimum absolute atomic E-state index is 0.126. The Morgan fingerprint density at radius 3 is 2.63 bits per heavy atom. The van der Waals surface area contributed by atoms with E-state index in [1.807, 2.05) is 19.1 Å². The molecule has 1 aromatic rings. The van der Waals surface area contributed by atoms with E-state index in [1.54, 1.807) is 17.0 Å². The van der Waals surface area contributed by atoms with Crippen molar-refractivity contribution in [2.75, 3.05) is 17.6 Å². The van der Waals surface area contributed by atoms with Crippen LogP contribution in [-0.2, 0) is 24.3 Å². The molecule has 0 saturated heterocycles. The molecule has 2 aliphatic rings. The fraction of sp³-hybridized carbons (Fsp3) is 0.278. The SMILES string of the molecule is Cc1ccc(NC(=O)C(C)OC(=O)C2=CN3CCS(=O)(=O)N=C3C=C2)cc1. The lowest BCUT2D eigenvalue weighted by Crippen LogP contribution is -2.37. The third-order valence-corrected chi connectivity index (χ3v) is 5.20. The monoisotopic (exact) mass is 389 g/mol. The average Bonchev–Trinajstić information content (AvgIpc) is 2.62. The summed E-state index contributed by atoms with van der Waals surface area (Å²) in [6, 6.07) is 7.25. The van der Waals surface area contributed by atoms with Crippen molar-refractivity contribution in [3.63, 3.8) is 0 Å². The number of rotatable bonds is 4. The Balaban J connectivity index is 1.62. The third kappa shape index (κ3) is 4.62. The molecule has 0 spiro atoms. The first-order valence-electron chi connectivity index (χ1n) is 8.31. The summed E-state index contributed by atoms with van der Waals surface area (Å²) in [5, 5.41) is 2.68. The van der Waals surface area contributed by atoms with Crippen molar-refractivity contribution >= 4 is 33.4 Å². The lowest BCUT2D eigenvalue weighted by Gasteiger charge is -2.27. The molecule has 3 rings (SSSR count). The first-order valence-corrected chi connectivity index (χ1v) is 9.92. The van der Waals surface area contributed by atoms with Gasteiger partial charge in [-0.3, -0.25) is 4.79 Å². The van der Waals surface area contributed by atoms with Gasteiger partial charge in [0.15, 0.2) is 6.10 Å². The lowest BCUT2D eigenvalue weighted by molar-refractivity contribution is -0.149. The number of nitrogens with one attached hydrogen (secondary N) is 1. The second kappa shape index (κ2) is 7.36. The summed E-state index contributed by atoms with van der Waals surface area (Å²) in [7, 11) is -3.46. The second-order valence-corrected chi connectivity index (χ2v) is 8.00. The Kier molecular flexibility index (Phi) is 5.13. The molecule has 1 atom stereocenters. The molecule has 2 heterocycles. The standard InChI is InChI=1S/C18H19N3O5S/c1-12-3-6-15(7-4-12)19-17(22)13(2)26-18(23)14-5-8-16-20-27(24,25)10-9-21(16)11-14/h3-8,11,13H,9-10H2,1-2H3,(H,19,22). The molecule has 0 aromatic heterocycles. The first-order chi connectivity index (χ1) is 12.7. The summed E-state index contributed by atoms with van der Waals surface area (Å²) in [5.41, 5.74) is 1.89. The number of carbonyl (C=O) groups excluding carboxylic acids is 2. The molecule has 0 saturated carbocycles. The molecule has 0 aliphatic carbocycles. The van der Waals surface area contributed by atoms with Gasteiger partial charge in [-0.15, -0.1) is 4.40 Å². The zero-order valence-corrected chi connectivity index (χ0v) is 15.7. The molecule has 1 unspecified atom stereocenters. The van der Waals surface area contributed by atoms with Crippen LogP contribution in [0.4, 0.5) is 5.69 Å². The number of nitrogens with zero attached hydrogens (tertiary/aromatic N) is 2. The van der Waals surface area contributed by atoms with E-state index >= 15 is 0 Å². The number of hydrogen-bond donors (Lipinski definition) is 1. The van der Waals surface area contributed by atoms with Crippen LogP contribution in [0.5, 0.6) is 0 Å². The largest absolute Gasteiger partial charge is 0.449 e. The normalized spacial score (nSPS) is 18.7. The van der Waals surface area contributed by atoms with E-state index in [-0.39, 0.29) is 23.7 Å². The van der Waals surface area contributed by atoms with Crippen molar-refractivity contribution in [2.24, 2.45) is 4.40 Å².